The fourth-order valence-electron chi connectivity index (χ4n) is 4.58. The average Bonchev–Trinajstić information content (AvgIpc) is 3.59. The van der Waals surface area contributed by atoms with E-state index in [0.29, 0.717) is 21.5 Å². The molecule has 1 aliphatic rings. The van der Waals surface area contributed by atoms with Crippen LogP contribution in [0.2, 0.25) is 0 Å². The molecule has 0 bridgehead atoms. The third kappa shape index (κ3) is 6.03. The minimum atomic E-state index is -0.693. The molecule has 214 valence electrons. The van der Waals surface area contributed by atoms with Crippen LogP contribution in [0.15, 0.2) is 69.9 Å². The second kappa shape index (κ2) is 12.0. The first-order valence-corrected chi connectivity index (χ1v) is 14.2. The molecule has 2 aromatic heterocycles. The lowest BCUT2D eigenvalue weighted by molar-refractivity contribution is -0.147. The molecule has 2 atom stereocenters. The minimum Gasteiger partial charge on any atom is -0.492 e. The molecular formula is C29H30N4O7S. The van der Waals surface area contributed by atoms with E-state index in [-0.39, 0.29) is 29.2 Å². The number of hydrogen-bond acceptors (Lipinski definition) is 10. The Morgan fingerprint density at radius 1 is 1.07 bits per heavy atom. The van der Waals surface area contributed by atoms with Crippen LogP contribution in [0.5, 0.6) is 11.8 Å². The van der Waals surface area contributed by atoms with E-state index in [9.17, 15) is 24.6 Å². The Kier molecular flexibility index (Phi) is 8.22. The maximum atomic E-state index is 12.8. The van der Waals surface area contributed by atoms with E-state index >= 15 is 0 Å². The monoisotopic (exact) mass is 578 g/mol. The number of benzene rings is 2. The molecule has 12 heteroatoms. The summed E-state index contributed by atoms with van der Waals surface area (Å²) in [4.78, 5) is 45.1. The molecule has 11 nitrogen and oxygen atoms in total. The van der Waals surface area contributed by atoms with Crippen molar-refractivity contribution in [3.05, 3.63) is 87.8 Å². The number of carbonyl (C=O) groups excluding carboxylic acids is 2. The van der Waals surface area contributed by atoms with Gasteiger partial charge in [-0.1, -0.05) is 24.3 Å². The molecule has 4 aromatic rings. The van der Waals surface area contributed by atoms with Gasteiger partial charge in [-0.15, -0.1) is 16.5 Å². The molecule has 5 rings (SSSR count). The van der Waals surface area contributed by atoms with Crippen molar-refractivity contribution in [1.82, 2.24) is 15.4 Å². The van der Waals surface area contributed by atoms with Gasteiger partial charge < -0.3 is 29.7 Å². The summed E-state index contributed by atoms with van der Waals surface area (Å²) in [6.45, 7) is 5.97. The first-order chi connectivity index (χ1) is 19.8. The van der Waals surface area contributed by atoms with E-state index in [4.69, 9.17) is 9.25 Å². The maximum Gasteiger partial charge on any atom is 0.350 e. The molecule has 4 N–H and O–H groups in total. The normalized spacial score (nSPS) is 16.5. The lowest BCUT2D eigenvalue weighted by Crippen LogP contribution is -2.39. The van der Waals surface area contributed by atoms with Crippen molar-refractivity contribution in [3.63, 3.8) is 0 Å². The van der Waals surface area contributed by atoms with Gasteiger partial charge in [0.25, 0.3) is 5.91 Å². The highest BCUT2D eigenvalue weighted by atomic mass is 32.2. The zero-order valence-electron chi connectivity index (χ0n) is 22.5. The number of hydrogen-bond donors (Lipinski definition) is 4. The van der Waals surface area contributed by atoms with Crippen molar-refractivity contribution in [3.8, 4) is 11.8 Å². The van der Waals surface area contributed by atoms with Gasteiger partial charge >= 0.3 is 11.6 Å². The lowest BCUT2D eigenvalue weighted by atomic mass is 10.1. The fraction of sp³-hybridized carbons (Fsp3) is 0.276. The molecule has 2 unspecified atom stereocenters. The molecule has 3 heterocycles. The number of fused-ring (bicyclic) bond motifs is 1. The summed E-state index contributed by atoms with van der Waals surface area (Å²) in [5.74, 6) is -1.48. The molecule has 0 saturated carbocycles. The third-order valence-electron chi connectivity index (χ3n) is 6.87. The van der Waals surface area contributed by atoms with Crippen molar-refractivity contribution >= 4 is 40.3 Å². The van der Waals surface area contributed by atoms with Crippen LogP contribution >= 0.6 is 11.8 Å². The number of amides is 1. The van der Waals surface area contributed by atoms with Crippen LogP contribution in [0.25, 0.3) is 11.0 Å². The van der Waals surface area contributed by atoms with Crippen molar-refractivity contribution in [2.24, 2.45) is 0 Å². The van der Waals surface area contributed by atoms with Crippen LogP contribution in [-0.2, 0) is 11.3 Å². The van der Waals surface area contributed by atoms with Gasteiger partial charge in [0.15, 0.2) is 0 Å². The number of rotatable bonds is 9. The average molecular weight is 579 g/mol. The van der Waals surface area contributed by atoms with Crippen molar-refractivity contribution < 1.29 is 29.1 Å². The number of aromatic nitrogens is 1. The largest absolute Gasteiger partial charge is 0.492 e. The predicted molar refractivity (Wildman–Crippen MR) is 155 cm³/mol. The summed E-state index contributed by atoms with van der Waals surface area (Å²) in [7, 11) is 0. The van der Waals surface area contributed by atoms with Gasteiger partial charge in [0.2, 0.25) is 11.8 Å². The highest BCUT2D eigenvalue weighted by molar-refractivity contribution is 7.99. The SMILES string of the molecule is CCN(CC)c1ccc2cc(C(=O)NCc3ccc(C4NC(C(=O)On5c(O)ccc5O)CS4)cc3)c(=O)oc2c1. The maximum absolute atomic E-state index is 12.8. The summed E-state index contributed by atoms with van der Waals surface area (Å²) in [5.41, 5.74) is 2.38. The minimum absolute atomic E-state index is 0.0595. The van der Waals surface area contributed by atoms with Gasteiger partial charge in [-0.2, -0.15) is 0 Å². The van der Waals surface area contributed by atoms with Crippen LogP contribution in [0, 0.1) is 0 Å². The second-order valence-corrected chi connectivity index (χ2v) is 10.6. The molecule has 41 heavy (non-hydrogen) atoms. The Morgan fingerprint density at radius 3 is 2.46 bits per heavy atom. The van der Waals surface area contributed by atoms with Gasteiger partial charge in [-0.25, -0.2) is 9.59 Å². The van der Waals surface area contributed by atoms with Crippen LogP contribution in [0.4, 0.5) is 5.69 Å². The van der Waals surface area contributed by atoms with E-state index in [2.05, 4.69) is 29.4 Å². The molecule has 0 aliphatic carbocycles. The van der Waals surface area contributed by atoms with E-state index in [1.165, 1.54) is 23.9 Å². The number of thioether (sulfide) groups is 1. The summed E-state index contributed by atoms with van der Waals surface area (Å²) < 4.78 is 6.14. The van der Waals surface area contributed by atoms with Crippen LogP contribution in [0.1, 0.15) is 40.7 Å². The smallest absolute Gasteiger partial charge is 0.350 e. The lowest BCUT2D eigenvalue weighted by Gasteiger charge is -2.21. The Balaban J connectivity index is 1.18. The van der Waals surface area contributed by atoms with Gasteiger partial charge in [0.1, 0.15) is 17.2 Å². The molecule has 1 amide bonds. The summed E-state index contributed by atoms with van der Waals surface area (Å²) >= 11 is 1.52. The number of anilines is 1. The predicted octanol–water partition coefficient (Wildman–Crippen LogP) is 3.14. The van der Waals surface area contributed by atoms with Crippen LogP contribution in [-0.4, -0.2) is 51.7 Å². The number of nitrogens with zero attached hydrogens (tertiary/aromatic N) is 2. The van der Waals surface area contributed by atoms with Crippen LogP contribution < -0.4 is 26.0 Å². The van der Waals surface area contributed by atoms with E-state index in [1.807, 2.05) is 42.5 Å². The fourth-order valence-corrected chi connectivity index (χ4v) is 5.81. The summed E-state index contributed by atoms with van der Waals surface area (Å²) in [5, 5.41) is 25.8. The van der Waals surface area contributed by atoms with Gasteiger partial charge in [-0.05, 0) is 43.2 Å². The zero-order valence-corrected chi connectivity index (χ0v) is 23.3. The van der Waals surface area contributed by atoms with E-state index in [1.54, 1.807) is 6.07 Å². The molecule has 1 saturated heterocycles. The number of carbonyl (C=O) groups is 2. The zero-order chi connectivity index (χ0) is 29.1. The number of aromatic hydroxyl groups is 2. The Hall–Kier alpha value is -4.42. The molecule has 0 spiro atoms. The van der Waals surface area contributed by atoms with Gasteiger partial charge in [0, 0.05) is 54.7 Å². The number of nitrogens with one attached hydrogen (secondary N) is 2. The van der Waals surface area contributed by atoms with Crippen molar-refractivity contribution in [2.45, 2.75) is 31.8 Å². The van der Waals surface area contributed by atoms with Crippen molar-refractivity contribution in [2.75, 3.05) is 23.7 Å². The first kappa shape index (κ1) is 28.1. The Morgan fingerprint density at radius 2 is 1.78 bits per heavy atom. The van der Waals surface area contributed by atoms with Crippen LogP contribution in [0.3, 0.4) is 0 Å². The molecule has 0 radical (unpaired) electrons. The third-order valence-corrected chi connectivity index (χ3v) is 8.14. The highest BCUT2D eigenvalue weighted by Crippen LogP contribution is 2.33. The molecule has 1 fully saturated rings. The van der Waals surface area contributed by atoms with E-state index < -0.39 is 23.5 Å². The summed E-state index contributed by atoms with van der Waals surface area (Å²) in [6.07, 6.45) is 0. The molecular weight excluding hydrogens is 548 g/mol. The first-order valence-electron chi connectivity index (χ1n) is 13.2. The topological polar surface area (TPSA) is 146 Å². The highest BCUT2D eigenvalue weighted by Gasteiger charge is 2.33. The molecule has 2 aromatic carbocycles. The Bertz CT molecular complexity index is 1610. The van der Waals surface area contributed by atoms with E-state index in [0.717, 1.165) is 29.9 Å². The van der Waals surface area contributed by atoms with Crippen molar-refractivity contribution in [1.29, 1.82) is 0 Å². The second-order valence-electron chi connectivity index (χ2n) is 9.45. The quantitative estimate of drug-likeness (QED) is 0.219. The molecule has 1 aliphatic heterocycles. The van der Waals surface area contributed by atoms with Gasteiger partial charge in [0.05, 0.1) is 5.37 Å². The Labute approximate surface area is 239 Å². The standard InChI is InChI=1S/C29H30N4O7S/c1-3-32(4-2)20-10-9-19-13-21(28(37)39-23(19)14-20)26(36)30-15-17-5-7-18(8-6-17)27-31-22(16-41-27)29(38)40-33-24(34)11-12-25(33)35/h5-14,22,27,31,34-35H,3-4,15-16H2,1-2H3,(H,30,36). The summed E-state index contributed by atoms with van der Waals surface area (Å²) in [6, 6.07) is 16.4. The van der Waals surface area contributed by atoms with Gasteiger partial charge in [-0.3, -0.25) is 10.1 Å².